The summed E-state index contributed by atoms with van der Waals surface area (Å²) in [5.74, 6) is 0.856. The Morgan fingerprint density at radius 3 is 2.93 bits per heavy atom. The molecule has 0 bridgehead atoms. The molecule has 2 aliphatic rings. The maximum Gasteiger partial charge on any atom is 0.208 e. The van der Waals surface area contributed by atoms with E-state index in [1.807, 2.05) is 12.4 Å². The van der Waals surface area contributed by atoms with E-state index in [0.717, 1.165) is 17.6 Å². The summed E-state index contributed by atoms with van der Waals surface area (Å²) in [6, 6.07) is 0.665. The summed E-state index contributed by atoms with van der Waals surface area (Å²) in [4.78, 5) is 6.29. The fourth-order valence-corrected chi connectivity index (χ4v) is 3.51. The predicted molar refractivity (Wildman–Crippen MR) is 63.6 cm³/mol. The first-order chi connectivity index (χ1) is 7.36. The Morgan fingerprint density at radius 2 is 2.20 bits per heavy atom. The van der Waals surface area contributed by atoms with Crippen molar-refractivity contribution in [2.45, 2.75) is 38.1 Å². The van der Waals surface area contributed by atoms with Crippen molar-refractivity contribution in [2.75, 3.05) is 12.8 Å². The van der Waals surface area contributed by atoms with E-state index in [-0.39, 0.29) is 0 Å². The molecule has 0 aromatic carbocycles. The van der Waals surface area contributed by atoms with Crippen molar-refractivity contribution < 1.29 is 0 Å². The third-order valence-electron chi connectivity index (χ3n) is 3.58. The van der Waals surface area contributed by atoms with Gasteiger partial charge < -0.3 is 4.90 Å². The molecule has 0 radical (unpaired) electrons. The Bertz CT molecular complexity index is 295. The highest BCUT2D eigenvalue weighted by Crippen LogP contribution is 2.37. The van der Waals surface area contributed by atoms with Crippen molar-refractivity contribution in [2.24, 2.45) is 10.9 Å². The summed E-state index contributed by atoms with van der Waals surface area (Å²) in [6.45, 7) is 1.09. The number of thioether (sulfide) groups is 1. The van der Waals surface area contributed by atoms with Gasteiger partial charge in [0.25, 0.3) is 0 Å². The third-order valence-corrected chi connectivity index (χ3v) is 4.27. The van der Waals surface area contributed by atoms with Crippen LogP contribution in [-0.4, -0.2) is 28.9 Å². The van der Waals surface area contributed by atoms with Crippen LogP contribution in [0.3, 0.4) is 0 Å². The number of amidine groups is 1. The fraction of sp³-hybridized carbons (Fsp3) is 0.818. The van der Waals surface area contributed by atoms with Gasteiger partial charge in [-0.2, -0.15) is 5.26 Å². The lowest BCUT2D eigenvalue weighted by molar-refractivity contribution is 0.257. The van der Waals surface area contributed by atoms with Crippen molar-refractivity contribution in [3.8, 4) is 6.19 Å². The molecule has 2 rings (SSSR count). The van der Waals surface area contributed by atoms with E-state index < -0.39 is 0 Å². The molecule has 1 aliphatic carbocycles. The molecule has 2 atom stereocenters. The van der Waals surface area contributed by atoms with Gasteiger partial charge in [-0.05, 0) is 31.4 Å². The summed E-state index contributed by atoms with van der Waals surface area (Å²) in [7, 11) is 0. The Morgan fingerprint density at radius 1 is 1.40 bits per heavy atom. The van der Waals surface area contributed by atoms with Crippen LogP contribution in [0.25, 0.3) is 0 Å². The molecule has 1 saturated carbocycles. The monoisotopic (exact) mass is 223 g/mol. The molecule has 1 aliphatic heterocycles. The smallest absolute Gasteiger partial charge is 0.208 e. The average molecular weight is 223 g/mol. The normalized spacial score (nSPS) is 31.2. The van der Waals surface area contributed by atoms with Crippen LogP contribution < -0.4 is 0 Å². The topological polar surface area (TPSA) is 39.4 Å². The van der Waals surface area contributed by atoms with Gasteiger partial charge in [0.15, 0.2) is 5.17 Å². The van der Waals surface area contributed by atoms with Crippen LogP contribution in [-0.2, 0) is 0 Å². The number of hydrogen-bond acceptors (Lipinski definition) is 3. The minimum atomic E-state index is 0.665. The van der Waals surface area contributed by atoms with Gasteiger partial charge in [-0.15, -0.1) is 4.99 Å². The highest BCUT2D eigenvalue weighted by Gasteiger charge is 2.36. The maximum absolute atomic E-state index is 8.65. The first-order valence-electron chi connectivity index (χ1n) is 5.64. The highest BCUT2D eigenvalue weighted by molar-refractivity contribution is 8.13. The lowest BCUT2D eigenvalue weighted by Gasteiger charge is -2.32. The summed E-state index contributed by atoms with van der Waals surface area (Å²) in [5, 5.41) is 9.57. The van der Waals surface area contributed by atoms with Gasteiger partial charge >= 0.3 is 0 Å². The van der Waals surface area contributed by atoms with Crippen LogP contribution in [0.2, 0.25) is 0 Å². The standard InChI is InChI=1S/C11H17N3S/c1-15-11(13-8-12)14-7-6-9-4-2-3-5-10(9)14/h9-10H,2-7H2,1H3. The van der Waals surface area contributed by atoms with Crippen molar-refractivity contribution in [1.82, 2.24) is 4.90 Å². The van der Waals surface area contributed by atoms with Gasteiger partial charge in [-0.1, -0.05) is 24.6 Å². The largest absolute Gasteiger partial charge is 0.347 e. The first-order valence-corrected chi connectivity index (χ1v) is 6.86. The Labute approximate surface area is 95.5 Å². The predicted octanol–water partition coefficient (Wildman–Crippen LogP) is 2.45. The molecule has 2 fully saturated rings. The minimum absolute atomic E-state index is 0.665. The van der Waals surface area contributed by atoms with Gasteiger partial charge in [0.1, 0.15) is 0 Å². The Hall–Kier alpha value is -0.690. The molecule has 0 spiro atoms. The van der Waals surface area contributed by atoms with Crippen LogP contribution in [0.15, 0.2) is 4.99 Å². The zero-order valence-electron chi connectivity index (χ0n) is 9.15. The summed E-state index contributed by atoms with van der Waals surface area (Å²) >= 11 is 1.60. The van der Waals surface area contributed by atoms with Crippen molar-refractivity contribution >= 4 is 16.9 Å². The van der Waals surface area contributed by atoms with Crippen LogP contribution in [0.1, 0.15) is 32.1 Å². The van der Waals surface area contributed by atoms with Crippen LogP contribution in [0.5, 0.6) is 0 Å². The van der Waals surface area contributed by atoms with E-state index in [1.165, 1.54) is 32.1 Å². The zero-order valence-corrected chi connectivity index (χ0v) is 9.96. The second-order valence-electron chi connectivity index (χ2n) is 4.29. The highest BCUT2D eigenvalue weighted by atomic mass is 32.2. The number of likely N-dealkylation sites (tertiary alicyclic amines) is 1. The second kappa shape index (κ2) is 4.89. The van der Waals surface area contributed by atoms with E-state index in [0.29, 0.717) is 6.04 Å². The zero-order chi connectivity index (χ0) is 10.7. The van der Waals surface area contributed by atoms with Gasteiger partial charge in [-0.25, -0.2) is 0 Å². The Balaban J connectivity index is 2.10. The van der Waals surface area contributed by atoms with Crippen LogP contribution in [0, 0.1) is 17.4 Å². The molecular weight excluding hydrogens is 206 g/mol. The van der Waals surface area contributed by atoms with Gasteiger partial charge in [0.2, 0.25) is 6.19 Å². The maximum atomic E-state index is 8.65. The van der Waals surface area contributed by atoms with E-state index in [9.17, 15) is 0 Å². The molecule has 0 amide bonds. The molecule has 0 aromatic heterocycles. The second-order valence-corrected chi connectivity index (χ2v) is 5.07. The average Bonchev–Trinajstić information content (AvgIpc) is 2.70. The number of aliphatic imine (C=N–C) groups is 1. The number of fused-ring (bicyclic) bond motifs is 1. The number of nitriles is 1. The van der Waals surface area contributed by atoms with E-state index in [2.05, 4.69) is 9.89 Å². The quantitative estimate of drug-likeness (QED) is 0.360. The van der Waals surface area contributed by atoms with Crippen molar-refractivity contribution in [1.29, 1.82) is 5.26 Å². The summed E-state index contributed by atoms with van der Waals surface area (Å²) < 4.78 is 0. The van der Waals surface area contributed by atoms with Gasteiger partial charge in [-0.3, -0.25) is 0 Å². The first kappa shape index (κ1) is 10.8. The molecule has 3 nitrogen and oxygen atoms in total. The number of rotatable bonds is 0. The van der Waals surface area contributed by atoms with Gasteiger partial charge in [0.05, 0.1) is 0 Å². The van der Waals surface area contributed by atoms with E-state index in [4.69, 9.17) is 5.26 Å². The number of nitrogens with zero attached hydrogens (tertiary/aromatic N) is 3. The SMILES string of the molecule is CSC(=NC#N)N1CCC2CCCCC21. The molecule has 82 valence electrons. The fourth-order valence-electron chi connectivity index (χ4n) is 2.91. The molecule has 4 heteroatoms. The Kier molecular flexibility index (Phi) is 3.53. The molecular formula is C11H17N3S. The molecule has 0 N–H and O–H groups in total. The molecule has 0 aromatic rings. The molecule has 15 heavy (non-hydrogen) atoms. The third kappa shape index (κ3) is 2.12. The molecule has 1 heterocycles. The number of hydrogen-bond donors (Lipinski definition) is 0. The summed E-state index contributed by atoms with van der Waals surface area (Å²) in [5.41, 5.74) is 0. The minimum Gasteiger partial charge on any atom is -0.347 e. The van der Waals surface area contributed by atoms with Crippen LogP contribution in [0.4, 0.5) is 0 Å². The van der Waals surface area contributed by atoms with Crippen molar-refractivity contribution in [3.05, 3.63) is 0 Å². The summed E-state index contributed by atoms with van der Waals surface area (Å²) in [6.07, 6.45) is 10.6. The van der Waals surface area contributed by atoms with Crippen molar-refractivity contribution in [3.63, 3.8) is 0 Å². The molecule has 2 unspecified atom stereocenters. The van der Waals surface area contributed by atoms with Gasteiger partial charge in [0, 0.05) is 12.6 Å². The lowest BCUT2D eigenvalue weighted by atomic mass is 9.85. The van der Waals surface area contributed by atoms with Crippen LogP contribution >= 0.6 is 11.8 Å². The van der Waals surface area contributed by atoms with E-state index >= 15 is 0 Å². The molecule has 1 saturated heterocycles. The van der Waals surface area contributed by atoms with E-state index in [1.54, 1.807) is 11.8 Å². The lowest BCUT2D eigenvalue weighted by Crippen LogP contribution is -2.37.